The fourth-order valence-electron chi connectivity index (χ4n) is 2.67. The van der Waals surface area contributed by atoms with Crippen LogP contribution in [0.15, 0.2) is 18.2 Å². The topological polar surface area (TPSA) is 46.6 Å². The van der Waals surface area contributed by atoms with Crippen LogP contribution in [0.4, 0.5) is 22.4 Å². The molecule has 2 rings (SSSR count). The average molecular weight is 361 g/mol. The van der Waals surface area contributed by atoms with Crippen LogP contribution < -0.4 is 0 Å². The number of alkyl halides is 3. The number of hydrogen-bond acceptors (Lipinski definition) is 3. The highest BCUT2D eigenvalue weighted by molar-refractivity contribution is 6.01. The van der Waals surface area contributed by atoms with Crippen LogP contribution in [0.3, 0.4) is 0 Å². The van der Waals surface area contributed by atoms with E-state index in [9.17, 15) is 27.2 Å². The van der Waals surface area contributed by atoms with Crippen LogP contribution in [0.2, 0.25) is 0 Å². The molecular formula is C17H19F4NO3. The predicted molar refractivity (Wildman–Crippen MR) is 81.7 cm³/mol. The van der Waals surface area contributed by atoms with Crippen molar-refractivity contribution in [1.29, 1.82) is 0 Å². The number of halogens is 4. The molecule has 1 heterocycles. The molecule has 1 fully saturated rings. The van der Waals surface area contributed by atoms with Crippen molar-refractivity contribution in [2.75, 3.05) is 6.54 Å². The van der Waals surface area contributed by atoms with E-state index in [1.807, 2.05) is 0 Å². The van der Waals surface area contributed by atoms with Gasteiger partial charge in [0, 0.05) is 12.1 Å². The zero-order chi connectivity index (χ0) is 19.0. The van der Waals surface area contributed by atoms with E-state index in [0.717, 1.165) is 6.07 Å². The van der Waals surface area contributed by atoms with E-state index < -0.39 is 41.1 Å². The smallest absolute Gasteiger partial charge is 0.419 e. The number of rotatable bonds is 2. The molecule has 1 aliphatic heterocycles. The summed E-state index contributed by atoms with van der Waals surface area (Å²) in [5.74, 6) is -2.11. The number of ether oxygens (including phenoxy) is 1. The van der Waals surface area contributed by atoms with E-state index in [-0.39, 0.29) is 5.56 Å². The number of Topliss-reactive ketones (excluding diaryl/α,β-unsaturated/α-hetero) is 1. The SMILES string of the molecule is CC(C)(C)OC(=O)N1CCCC1C(=O)c1ccc(C(F)(F)F)c(F)c1. The first-order valence-electron chi connectivity index (χ1n) is 7.81. The van der Waals surface area contributed by atoms with Crippen molar-refractivity contribution in [2.45, 2.75) is 51.4 Å². The molecule has 1 aliphatic rings. The largest absolute Gasteiger partial charge is 0.444 e. The molecule has 8 heteroatoms. The maximum atomic E-state index is 13.7. The molecule has 1 amide bonds. The minimum atomic E-state index is -4.83. The highest BCUT2D eigenvalue weighted by atomic mass is 19.4. The number of carbonyl (C=O) groups excluding carboxylic acids is 2. The van der Waals surface area contributed by atoms with Crippen LogP contribution in [0.25, 0.3) is 0 Å². The number of ketones is 1. The van der Waals surface area contributed by atoms with Gasteiger partial charge in [0.1, 0.15) is 11.4 Å². The van der Waals surface area contributed by atoms with Gasteiger partial charge in [0.15, 0.2) is 5.78 Å². The standard InChI is InChI=1S/C17H19F4NO3/c1-16(2,3)25-15(24)22-8-4-5-13(22)14(23)10-6-7-11(12(18)9-10)17(19,20)21/h6-7,9,13H,4-5,8H2,1-3H3. The summed E-state index contributed by atoms with van der Waals surface area (Å²) in [5.41, 5.74) is -2.38. The van der Waals surface area contributed by atoms with Crippen molar-refractivity contribution in [1.82, 2.24) is 4.90 Å². The fraction of sp³-hybridized carbons (Fsp3) is 0.529. The fourth-order valence-corrected chi connectivity index (χ4v) is 2.67. The van der Waals surface area contributed by atoms with Gasteiger partial charge in [-0.25, -0.2) is 9.18 Å². The summed E-state index contributed by atoms with van der Waals surface area (Å²) in [6, 6.07) is 1.16. The van der Waals surface area contributed by atoms with Gasteiger partial charge in [-0.3, -0.25) is 9.69 Å². The van der Waals surface area contributed by atoms with Crippen LogP contribution >= 0.6 is 0 Å². The third-order valence-corrected chi connectivity index (χ3v) is 3.74. The van der Waals surface area contributed by atoms with Crippen LogP contribution in [0, 0.1) is 5.82 Å². The minimum Gasteiger partial charge on any atom is -0.444 e. The molecule has 25 heavy (non-hydrogen) atoms. The normalized spacial score (nSPS) is 18.4. The van der Waals surface area contributed by atoms with E-state index in [4.69, 9.17) is 4.74 Å². The minimum absolute atomic E-state index is 0.203. The summed E-state index contributed by atoms with van der Waals surface area (Å²) in [7, 11) is 0. The first kappa shape index (κ1) is 19.2. The highest BCUT2D eigenvalue weighted by Gasteiger charge is 2.38. The number of amides is 1. The second-order valence-corrected chi connectivity index (χ2v) is 6.89. The van der Waals surface area contributed by atoms with Gasteiger partial charge in [-0.1, -0.05) is 6.07 Å². The Balaban J connectivity index is 2.22. The molecule has 0 bridgehead atoms. The summed E-state index contributed by atoms with van der Waals surface area (Å²) < 4.78 is 56.8. The van der Waals surface area contributed by atoms with E-state index >= 15 is 0 Å². The van der Waals surface area contributed by atoms with Crippen molar-refractivity contribution >= 4 is 11.9 Å². The third kappa shape index (κ3) is 4.49. The molecule has 0 N–H and O–H groups in total. The average Bonchev–Trinajstić information content (AvgIpc) is 2.92. The van der Waals surface area contributed by atoms with Crippen LogP contribution in [0.1, 0.15) is 49.5 Å². The Hall–Kier alpha value is -2.12. The van der Waals surface area contributed by atoms with Gasteiger partial charge in [0.2, 0.25) is 0 Å². The predicted octanol–water partition coefficient (Wildman–Crippen LogP) is 4.43. The number of likely N-dealkylation sites (tertiary alicyclic amines) is 1. The number of nitrogens with zero attached hydrogens (tertiary/aromatic N) is 1. The number of hydrogen-bond donors (Lipinski definition) is 0. The Bertz CT molecular complexity index is 679. The van der Waals surface area contributed by atoms with Gasteiger partial charge >= 0.3 is 12.3 Å². The zero-order valence-corrected chi connectivity index (χ0v) is 14.1. The molecule has 0 aliphatic carbocycles. The second kappa shape index (κ2) is 6.65. The number of carbonyl (C=O) groups is 2. The lowest BCUT2D eigenvalue weighted by Crippen LogP contribution is -2.43. The Kier molecular flexibility index (Phi) is 5.11. The molecule has 1 aromatic carbocycles. The molecule has 1 aromatic rings. The molecule has 138 valence electrons. The summed E-state index contributed by atoms with van der Waals surface area (Å²) in [4.78, 5) is 26.0. The van der Waals surface area contributed by atoms with Crippen LogP contribution in [-0.2, 0) is 10.9 Å². The van der Waals surface area contributed by atoms with Crippen molar-refractivity contribution in [2.24, 2.45) is 0 Å². The Labute approximate surface area is 142 Å². The molecule has 0 aromatic heterocycles. The zero-order valence-electron chi connectivity index (χ0n) is 14.1. The van der Waals surface area contributed by atoms with Crippen LogP contribution in [0.5, 0.6) is 0 Å². The Morgan fingerprint density at radius 1 is 1.20 bits per heavy atom. The lowest BCUT2D eigenvalue weighted by atomic mass is 10.0. The van der Waals surface area contributed by atoms with E-state index in [0.29, 0.717) is 31.5 Å². The molecule has 0 saturated carbocycles. The highest BCUT2D eigenvalue weighted by Crippen LogP contribution is 2.32. The monoisotopic (exact) mass is 361 g/mol. The van der Waals surface area contributed by atoms with Crippen LogP contribution in [-0.4, -0.2) is 35.0 Å². The number of benzene rings is 1. The van der Waals surface area contributed by atoms with E-state index in [1.54, 1.807) is 20.8 Å². The summed E-state index contributed by atoms with van der Waals surface area (Å²) in [6.45, 7) is 5.35. The summed E-state index contributed by atoms with van der Waals surface area (Å²) in [6.07, 6.45) is -4.60. The summed E-state index contributed by atoms with van der Waals surface area (Å²) in [5, 5.41) is 0. The Morgan fingerprint density at radius 3 is 2.36 bits per heavy atom. The second-order valence-electron chi connectivity index (χ2n) is 6.89. The molecule has 0 spiro atoms. The lowest BCUT2D eigenvalue weighted by molar-refractivity contribution is -0.140. The van der Waals surface area contributed by atoms with E-state index in [1.165, 1.54) is 4.90 Å². The lowest BCUT2D eigenvalue weighted by Gasteiger charge is -2.28. The first-order valence-corrected chi connectivity index (χ1v) is 7.81. The van der Waals surface area contributed by atoms with Gasteiger partial charge in [-0.05, 0) is 45.7 Å². The Morgan fingerprint density at radius 2 is 1.84 bits per heavy atom. The first-order chi connectivity index (χ1) is 11.4. The van der Waals surface area contributed by atoms with Crippen molar-refractivity contribution in [3.8, 4) is 0 Å². The van der Waals surface area contributed by atoms with Crippen molar-refractivity contribution < 1.29 is 31.9 Å². The van der Waals surface area contributed by atoms with Gasteiger partial charge in [-0.2, -0.15) is 13.2 Å². The molecular weight excluding hydrogens is 342 g/mol. The summed E-state index contributed by atoms with van der Waals surface area (Å²) >= 11 is 0. The molecule has 0 radical (unpaired) electrons. The van der Waals surface area contributed by atoms with Gasteiger partial charge in [-0.15, -0.1) is 0 Å². The van der Waals surface area contributed by atoms with Gasteiger partial charge < -0.3 is 4.74 Å². The maximum absolute atomic E-state index is 13.7. The molecule has 1 unspecified atom stereocenters. The van der Waals surface area contributed by atoms with Crippen molar-refractivity contribution in [3.63, 3.8) is 0 Å². The molecule has 4 nitrogen and oxygen atoms in total. The molecule has 1 atom stereocenters. The maximum Gasteiger partial charge on any atom is 0.419 e. The van der Waals surface area contributed by atoms with Gasteiger partial charge in [0.05, 0.1) is 11.6 Å². The van der Waals surface area contributed by atoms with E-state index in [2.05, 4.69) is 0 Å². The van der Waals surface area contributed by atoms with Gasteiger partial charge in [0.25, 0.3) is 0 Å². The third-order valence-electron chi connectivity index (χ3n) is 3.74. The quantitative estimate of drug-likeness (QED) is 0.578. The molecule has 1 saturated heterocycles. The van der Waals surface area contributed by atoms with Crippen molar-refractivity contribution in [3.05, 3.63) is 35.1 Å².